The molecule has 6 heteroatoms. The van der Waals surface area contributed by atoms with Gasteiger partial charge in [-0.1, -0.05) is 26.2 Å². The lowest BCUT2D eigenvalue weighted by Crippen LogP contribution is -2.43. The Morgan fingerprint density at radius 1 is 1.33 bits per heavy atom. The van der Waals surface area contributed by atoms with Crippen LogP contribution in [0.2, 0.25) is 0 Å². The van der Waals surface area contributed by atoms with Crippen LogP contribution in [0.4, 0.5) is 0 Å². The van der Waals surface area contributed by atoms with Gasteiger partial charge >= 0.3 is 0 Å². The van der Waals surface area contributed by atoms with Crippen molar-refractivity contribution in [1.82, 2.24) is 10.2 Å². The van der Waals surface area contributed by atoms with E-state index in [-0.39, 0.29) is 30.7 Å². The Kier molecular flexibility index (Phi) is 8.44. The van der Waals surface area contributed by atoms with Gasteiger partial charge in [0.2, 0.25) is 11.8 Å². The Morgan fingerprint density at radius 3 is 2.67 bits per heavy atom. The molecule has 1 N–H and O–H groups in total. The highest BCUT2D eigenvalue weighted by Gasteiger charge is 2.25. The lowest BCUT2D eigenvalue weighted by Gasteiger charge is -2.28. The van der Waals surface area contributed by atoms with Gasteiger partial charge in [-0.05, 0) is 6.42 Å². The largest absolute Gasteiger partial charge is 0.378 e. The number of hydrogen-bond donors (Lipinski definition) is 1. The highest BCUT2D eigenvalue weighted by molar-refractivity contribution is 5.85. The molecule has 2 amide bonds. The molecule has 1 aliphatic heterocycles. The summed E-state index contributed by atoms with van der Waals surface area (Å²) in [4.78, 5) is 26.1. The molecule has 0 bridgehead atoms. The Hall–Kier alpha value is -1.61. The molecule has 0 aliphatic carbocycles. The number of amides is 2. The van der Waals surface area contributed by atoms with Crippen LogP contribution in [0.15, 0.2) is 0 Å². The van der Waals surface area contributed by atoms with E-state index in [1.54, 1.807) is 4.90 Å². The number of nitriles is 1. The van der Waals surface area contributed by atoms with Crippen molar-refractivity contribution in [2.75, 3.05) is 32.8 Å². The summed E-state index contributed by atoms with van der Waals surface area (Å²) in [5.41, 5.74) is 0. The average molecular weight is 295 g/mol. The molecule has 0 aromatic heterocycles. The monoisotopic (exact) mass is 295 g/mol. The van der Waals surface area contributed by atoms with E-state index in [1.165, 1.54) is 0 Å². The first-order chi connectivity index (χ1) is 10.2. The first-order valence-corrected chi connectivity index (χ1v) is 7.69. The molecule has 1 atom stereocenters. The predicted octanol–water partition coefficient (Wildman–Crippen LogP) is 1.07. The maximum absolute atomic E-state index is 12.2. The highest BCUT2D eigenvalue weighted by Crippen LogP contribution is 2.16. The van der Waals surface area contributed by atoms with E-state index in [4.69, 9.17) is 10.00 Å². The van der Waals surface area contributed by atoms with Gasteiger partial charge in [-0.2, -0.15) is 5.26 Å². The molecule has 0 aromatic carbocycles. The minimum Gasteiger partial charge on any atom is -0.378 e. The van der Waals surface area contributed by atoms with Crippen LogP contribution in [0.25, 0.3) is 0 Å². The third-order valence-corrected chi connectivity index (χ3v) is 3.65. The summed E-state index contributed by atoms with van der Waals surface area (Å²) in [6, 6.07) is 1.89. The maximum Gasteiger partial charge on any atom is 0.224 e. The summed E-state index contributed by atoms with van der Waals surface area (Å²) in [6.07, 6.45) is 3.97. The number of rotatable bonds is 8. The molecule has 1 fully saturated rings. The Bertz CT molecular complexity index is 373. The maximum atomic E-state index is 12.2. The number of nitrogens with zero attached hydrogens (tertiary/aromatic N) is 2. The van der Waals surface area contributed by atoms with Crippen LogP contribution in [0.3, 0.4) is 0 Å². The molecule has 1 rings (SSSR count). The molecule has 21 heavy (non-hydrogen) atoms. The highest BCUT2D eigenvalue weighted by atomic mass is 16.5. The van der Waals surface area contributed by atoms with E-state index in [0.29, 0.717) is 32.7 Å². The van der Waals surface area contributed by atoms with E-state index in [2.05, 4.69) is 12.2 Å². The van der Waals surface area contributed by atoms with Crippen molar-refractivity contribution in [2.24, 2.45) is 5.92 Å². The van der Waals surface area contributed by atoms with E-state index < -0.39 is 0 Å². The fraction of sp³-hybridized carbons (Fsp3) is 0.800. The molecule has 1 saturated heterocycles. The minimum atomic E-state index is -0.333. The quantitative estimate of drug-likeness (QED) is 0.536. The van der Waals surface area contributed by atoms with Gasteiger partial charge in [-0.25, -0.2) is 0 Å². The minimum absolute atomic E-state index is 0.00510. The van der Waals surface area contributed by atoms with Crippen molar-refractivity contribution in [1.29, 1.82) is 5.26 Å². The normalized spacial score (nSPS) is 16.1. The van der Waals surface area contributed by atoms with E-state index in [0.717, 1.165) is 19.3 Å². The van der Waals surface area contributed by atoms with Crippen molar-refractivity contribution < 1.29 is 14.3 Å². The molecular weight excluding hydrogens is 270 g/mol. The molecule has 0 radical (unpaired) electrons. The van der Waals surface area contributed by atoms with Gasteiger partial charge in [0, 0.05) is 25.4 Å². The van der Waals surface area contributed by atoms with Gasteiger partial charge in [0.15, 0.2) is 0 Å². The lowest BCUT2D eigenvalue weighted by atomic mass is 9.96. The van der Waals surface area contributed by atoms with Gasteiger partial charge in [0.1, 0.15) is 6.54 Å². The summed E-state index contributed by atoms with van der Waals surface area (Å²) in [7, 11) is 0. The third kappa shape index (κ3) is 6.58. The second kappa shape index (κ2) is 10.2. The fourth-order valence-electron chi connectivity index (χ4n) is 2.39. The van der Waals surface area contributed by atoms with Crippen LogP contribution in [-0.2, 0) is 14.3 Å². The zero-order valence-electron chi connectivity index (χ0n) is 12.8. The smallest absolute Gasteiger partial charge is 0.224 e. The summed E-state index contributed by atoms with van der Waals surface area (Å²) in [5, 5.41) is 11.1. The summed E-state index contributed by atoms with van der Waals surface area (Å²) < 4.78 is 5.23. The molecule has 1 aliphatic rings. The van der Waals surface area contributed by atoms with E-state index >= 15 is 0 Å². The van der Waals surface area contributed by atoms with Crippen LogP contribution >= 0.6 is 0 Å². The standard InChI is InChI=1S/C15H25N3O3/c1-2-3-4-5-13(15(20)17-7-6-16)12-14(19)18-8-10-21-11-9-18/h13H,2-5,7-12H2,1H3,(H,17,20)/t13-/m0/s1. The molecule has 6 nitrogen and oxygen atoms in total. The number of hydrogen-bond acceptors (Lipinski definition) is 4. The number of ether oxygens (including phenoxy) is 1. The van der Waals surface area contributed by atoms with Crippen LogP contribution in [-0.4, -0.2) is 49.6 Å². The van der Waals surface area contributed by atoms with Crippen LogP contribution < -0.4 is 5.32 Å². The number of unbranched alkanes of at least 4 members (excludes halogenated alkanes) is 2. The average Bonchev–Trinajstić information content (AvgIpc) is 2.52. The van der Waals surface area contributed by atoms with E-state index in [1.807, 2.05) is 6.07 Å². The fourth-order valence-corrected chi connectivity index (χ4v) is 2.39. The van der Waals surface area contributed by atoms with Crippen molar-refractivity contribution in [3.63, 3.8) is 0 Å². The van der Waals surface area contributed by atoms with Crippen LogP contribution in [0.5, 0.6) is 0 Å². The first-order valence-electron chi connectivity index (χ1n) is 7.69. The molecule has 0 unspecified atom stereocenters. The topological polar surface area (TPSA) is 82.4 Å². The van der Waals surface area contributed by atoms with Gasteiger partial charge in [0.05, 0.1) is 19.3 Å². The molecular formula is C15H25N3O3. The Labute approximate surface area is 126 Å². The third-order valence-electron chi connectivity index (χ3n) is 3.65. The van der Waals surface area contributed by atoms with Crippen molar-refractivity contribution in [3.8, 4) is 6.07 Å². The van der Waals surface area contributed by atoms with Crippen molar-refractivity contribution >= 4 is 11.8 Å². The number of carbonyl (C=O) groups is 2. The first kappa shape index (κ1) is 17.4. The second-order valence-electron chi connectivity index (χ2n) is 5.27. The lowest BCUT2D eigenvalue weighted by molar-refractivity contribution is -0.139. The van der Waals surface area contributed by atoms with Gasteiger partial charge in [0.25, 0.3) is 0 Å². The zero-order chi connectivity index (χ0) is 15.5. The van der Waals surface area contributed by atoms with Crippen LogP contribution in [0.1, 0.15) is 39.0 Å². The van der Waals surface area contributed by atoms with Crippen molar-refractivity contribution in [2.45, 2.75) is 39.0 Å². The van der Waals surface area contributed by atoms with Gasteiger partial charge in [-0.3, -0.25) is 9.59 Å². The summed E-state index contributed by atoms with van der Waals surface area (Å²) in [5.74, 6) is -0.513. The Balaban J connectivity index is 2.51. The van der Waals surface area contributed by atoms with Gasteiger partial charge in [-0.15, -0.1) is 0 Å². The van der Waals surface area contributed by atoms with E-state index in [9.17, 15) is 9.59 Å². The number of morpholine rings is 1. The molecule has 1 heterocycles. The second-order valence-corrected chi connectivity index (χ2v) is 5.27. The SMILES string of the molecule is CCCCC[C@@H](CC(=O)N1CCOCC1)C(=O)NCC#N. The molecule has 0 spiro atoms. The Morgan fingerprint density at radius 2 is 2.05 bits per heavy atom. The number of nitrogens with one attached hydrogen (secondary N) is 1. The summed E-state index contributed by atoms with van der Waals surface area (Å²) >= 11 is 0. The molecule has 118 valence electrons. The molecule has 0 aromatic rings. The van der Waals surface area contributed by atoms with Gasteiger partial charge < -0.3 is 15.0 Å². The molecule has 0 saturated carbocycles. The summed E-state index contributed by atoms with van der Waals surface area (Å²) in [6.45, 7) is 4.42. The van der Waals surface area contributed by atoms with Crippen LogP contribution in [0, 0.1) is 17.2 Å². The number of carbonyl (C=O) groups excluding carboxylic acids is 2. The predicted molar refractivity (Wildman–Crippen MR) is 78.3 cm³/mol. The zero-order valence-corrected chi connectivity index (χ0v) is 12.8. The van der Waals surface area contributed by atoms with Crippen molar-refractivity contribution in [3.05, 3.63) is 0 Å².